The summed E-state index contributed by atoms with van der Waals surface area (Å²) in [4.78, 5) is 24.8. The number of hydrazone groups is 1. The average molecular weight is 501 g/mol. The molecule has 0 saturated carbocycles. The number of amides is 2. The number of nitrogens with one attached hydrogen (secondary N) is 1. The molecule has 0 aromatic heterocycles. The van der Waals surface area contributed by atoms with Crippen molar-refractivity contribution < 1.29 is 49.1 Å². The van der Waals surface area contributed by atoms with E-state index in [-0.39, 0.29) is 36.5 Å². The Bertz CT molecular complexity index is 1080. The van der Waals surface area contributed by atoms with Crippen LogP contribution in [0.25, 0.3) is 0 Å². The lowest BCUT2D eigenvalue weighted by atomic mass is 10.1. The Labute approximate surface area is 183 Å². The van der Waals surface area contributed by atoms with Gasteiger partial charge in [-0.15, -0.1) is 0 Å². The van der Waals surface area contributed by atoms with Gasteiger partial charge in [-0.2, -0.15) is 31.4 Å². The average Bonchev–Trinajstić information content (AvgIpc) is 3.05. The summed E-state index contributed by atoms with van der Waals surface area (Å²) in [6, 6.07) is 0.774. The molecule has 0 aliphatic carbocycles. The third-order valence-electron chi connectivity index (χ3n) is 4.82. The summed E-state index contributed by atoms with van der Waals surface area (Å²) in [6.07, 6.45) is -9.92. The van der Waals surface area contributed by atoms with Crippen molar-refractivity contribution in [3.63, 3.8) is 0 Å². The van der Waals surface area contributed by atoms with Crippen molar-refractivity contribution in [3.05, 3.63) is 23.8 Å². The summed E-state index contributed by atoms with van der Waals surface area (Å²) in [7, 11) is -3.38. The molecule has 2 aliphatic rings. The fraction of sp³-hybridized carbons (Fsp3) is 0.500. The number of halogens is 6. The lowest BCUT2D eigenvalue weighted by Crippen LogP contribution is -2.42. The lowest BCUT2D eigenvalue weighted by Gasteiger charge is -2.27. The maximum atomic E-state index is 13.0. The molecule has 33 heavy (non-hydrogen) atoms. The first kappa shape index (κ1) is 24.8. The molecular formula is C18H17F6N3O5S. The van der Waals surface area contributed by atoms with Crippen LogP contribution >= 0.6 is 0 Å². The number of alkyl halides is 6. The van der Waals surface area contributed by atoms with Crippen molar-refractivity contribution in [3.8, 4) is 5.75 Å². The third kappa shape index (κ3) is 6.36. The zero-order chi connectivity index (χ0) is 24.6. The highest BCUT2D eigenvalue weighted by molar-refractivity contribution is 7.91. The van der Waals surface area contributed by atoms with Gasteiger partial charge in [0.1, 0.15) is 11.5 Å². The second-order valence-corrected chi connectivity index (χ2v) is 9.64. The Morgan fingerprint density at radius 1 is 1.18 bits per heavy atom. The minimum absolute atomic E-state index is 0.107. The van der Waals surface area contributed by atoms with E-state index in [9.17, 15) is 44.3 Å². The SMILES string of the molecule is O=C(Nc1cc(C(F)(F)F)ccc1OCC(F)(F)F)C1=NN(C2CCS(=O)(=O)C2)C(=O)CC1. The molecular weight excluding hydrogens is 484 g/mol. The minimum Gasteiger partial charge on any atom is -0.482 e. The molecule has 8 nitrogen and oxygen atoms in total. The van der Waals surface area contributed by atoms with Gasteiger partial charge in [0, 0.05) is 12.8 Å². The largest absolute Gasteiger partial charge is 0.482 e. The Morgan fingerprint density at radius 2 is 1.88 bits per heavy atom. The van der Waals surface area contributed by atoms with Crippen molar-refractivity contribution in [1.29, 1.82) is 0 Å². The number of sulfone groups is 1. The van der Waals surface area contributed by atoms with Crippen LogP contribution in [0.1, 0.15) is 24.8 Å². The summed E-state index contributed by atoms with van der Waals surface area (Å²) in [5.74, 6) is -2.76. The molecule has 1 N–H and O–H groups in total. The molecule has 0 spiro atoms. The topological polar surface area (TPSA) is 105 Å². The van der Waals surface area contributed by atoms with E-state index in [2.05, 4.69) is 15.2 Å². The molecule has 1 atom stereocenters. The fourth-order valence-corrected chi connectivity index (χ4v) is 4.96. The highest BCUT2D eigenvalue weighted by Gasteiger charge is 2.38. The van der Waals surface area contributed by atoms with Gasteiger partial charge in [0.25, 0.3) is 5.91 Å². The normalized spacial score (nSPS) is 21.0. The number of carbonyl (C=O) groups excluding carboxylic acids is 2. The number of rotatable bonds is 5. The van der Waals surface area contributed by atoms with E-state index in [1.54, 1.807) is 0 Å². The van der Waals surface area contributed by atoms with Crippen LogP contribution in [0, 0.1) is 0 Å². The molecule has 0 bridgehead atoms. The van der Waals surface area contributed by atoms with Crippen molar-refractivity contribution in [2.75, 3.05) is 23.4 Å². The molecule has 0 radical (unpaired) electrons. The van der Waals surface area contributed by atoms with Gasteiger partial charge in [0.2, 0.25) is 5.91 Å². The molecule has 2 heterocycles. The Kier molecular flexibility index (Phi) is 6.64. The first-order chi connectivity index (χ1) is 15.1. The van der Waals surface area contributed by atoms with Crippen LogP contribution in [0.3, 0.4) is 0 Å². The van der Waals surface area contributed by atoms with E-state index in [0.717, 1.165) is 5.01 Å². The molecule has 1 aromatic rings. The summed E-state index contributed by atoms with van der Waals surface area (Å²) in [6.45, 7) is -1.80. The molecule has 1 unspecified atom stereocenters. The number of ether oxygens (including phenoxy) is 1. The van der Waals surface area contributed by atoms with Crippen molar-refractivity contribution in [2.45, 2.75) is 37.7 Å². The van der Waals surface area contributed by atoms with Crippen LogP contribution in [0.15, 0.2) is 23.3 Å². The number of anilines is 1. The van der Waals surface area contributed by atoms with E-state index in [0.29, 0.717) is 18.2 Å². The van der Waals surface area contributed by atoms with Crippen LogP contribution in [-0.2, 0) is 25.6 Å². The molecule has 1 aromatic carbocycles. The van der Waals surface area contributed by atoms with Crippen molar-refractivity contribution in [1.82, 2.24) is 5.01 Å². The molecule has 182 valence electrons. The number of benzene rings is 1. The smallest absolute Gasteiger partial charge is 0.422 e. The zero-order valence-corrected chi connectivity index (χ0v) is 17.5. The predicted octanol–water partition coefficient (Wildman–Crippen LogP) is 2.75. The van der Waals surface area contributed by atoms with Gasteiger partial charge >= 0.3 is 12.4 Å². The van der Waals surface area contributed by atoms with Crippen LogP contribution < -0.4 is 10.1 Å². The van der Waals surface area contributed by atoms with Gasteiger partial charge in [0.15, 0.2) is 16.4 Å². The van der Waals surface area contributed by atoms with E-state index in [1.807, 2.05) is 0 Å². The highest BCUT2D eigenvalue weighted by Crippen LogP contribution is 2.36. The third-order valence-corrected chi connectivity index (χ3v) is 6.57. The van der Waals surface area contributed by atoms with Gasteiger partial charge in [-0.25, -0.2) is 13.4 Å². The fourth-order valence-electron chi connectivity index (χ4n) is 3.27. The van der Waals surface area contributed by atoms with Crippen molar-refractivity contribution >= 4 is 33.1 Å². The highest BCUT2D eigenvalue weighted by atomic mass is 32.2. The first-order valence-electron chi connectivity index (χ1n) is 9.47. The maximum Gasteiger partial charge on any atom is 0.422 e. The van der Waals surface area contributed by atoms with Gasteiger partial charge in [0.05, 0.1) is 28.8 Å². The first-order valence-corrected chi connectivity index (χ1v) is 11.3. The number of nitrogens with zero attached hydrogens (tertiary/aromatic N) is 2. The van der Waals surface area contributed by atoms with Crippen LogP contribution in [0.5, 0.6) is 5.75 Å². The summed E-state index contributed by atoms with van der Waals surface area (Å²) in [5.41, 5.74) is -2.21. The molecule has 3 rings (SSSR count). The number of hydrogen-bond donors (Lipinski definition) is 1. The number of hydrogen-bond acceptors (Lipinski definition) is 6. The van der Waals surface area contributed by atoms with E-state index in [1.165, 1.54) is 0 Å². The standard InChI is InChI=1S/C18H17F6N3O5S/c19-17(20,21)9-32-14-3-1-10(18(22,23)24)7-13(14)25-16(29)12-2-4-15(28)27(26-12)11-5-6-33(30,31)8-11/h1,3,7,11H,2,4-6,8-9H2,(H,25,29). The van der Waals surface area contributed by atoms with E-state index in [4.69, 9.17) is 0 Å². The zero-order valence-electron chi connectivity index (χ0n) is 16.7. The minimum atomic E-state index is -4.85. The second kappa shape index (κ2) is 8.83. The van der Waals surface area contributed by atoms with E-state index < -0.39 is 63.7 Å². The summed E-state index contributed by atoms with van der Waals surface area (Å²) >= 11 is 0. The predicted molar refractivity (Wildman–Crippen MR) is 102 cm³/mol. The lowest BCUT2D eigenvalue weighted by molar-refractivity contribution is -0.153. The quantitative estimate of drug-likeness (QED) is 0.625. The Balaban J connectivity index is 1.85. The maximum absolute atomic E-state index is 13.0. The van der Waals surface area contributed by atoms with Gasteiger partial charge in [-0.05, 0) is 24.6 Å². The van der Waals surface area contributed by atoms with Gasteiger partial charge < -0.3 is 10.1 Å². The molecule has 2 aliphatic heterocycles. The Morgan fingerprint density at radius 3 is 2.45 bits per heavy atom. The van der Waals surface area contributed by atoms with Crippen LogP contribution in [0.4, 0.5) is 32.0 Å². The van der Waals surface area contributed by atoms with E-state index >= 15 is 0 Å². The second-order valence-electron chi connectivity index (χ2n) is 7.41. The molecule has 1 fully saturated rings. The molecule has 1 saturated heterocycles. The number of carbonyl (C=O) groups is 2. The van der Waals surface area contributed by atoms with Crippen molar-refractivity contribution in [2.24, 2.45) is 5.10 Å². The van der Waals surface area contributed by atoms with Crippen LogP contribution in [0.2, 0.25) is 0 Å². The molecule has 15 heteroatoms. The monoisotopic (exact) mass is 501 g/mol. The van der Waals surface area contributed by atoms with Gasteiger partial charge in [-0.1, -0.05) is 0 Å². The van der Waals surface area contributed by atoms with Gasteiger partial charge in [-0.3, -0.25) is 9.59 Å². The summed E-state index contributed by atoms with van der Waals surface area (Å²) in [5, 5.41) is 6.80. The summed E-state index contributed by atoms with van der Waals surface area (Å²) < 4.78 is 104. The molecule has 2 amide bonds. The Hall–Kier alpha value is -2.84. The van der Waals surface area contributed by atoms with Crippen LogP contribution in [-0.4, -0.2) is 61.3 Å².